The molecule has 0 amide bonds. The molecule has 1 aromatic heterocycles. The highest BCUT2D eigenvalue weighted by atomic mass is 16.3. The van der Waals surface area contributed by atoms with Crippen LogP contribution in [0.2, 0.25) is 0 Å². The maximum absolute atomic E-state index is 6.47. The van der Waals surface area contributed by atoms with E-state index < -0.39 is 0 Å². The topological polar surface area (TPSA) is 39.2 Å². The van der Waals surface area contributed by atoms with E-state index >= 15 is 0 Å². The molecule has 4 saturated carbocycles. The molecule has 0 saturated heterocycles. The minimum Gasteiger partial charge on any atom is -0.464 e. The molecular weight excluding hydrogens is 246 g/mol. The third kappa shape index (κ3) is 1.33. The molecule has 104 valence electrons. The van der Waals surface area contributed by atoms with Crippen molar-refractivity contribution < 1.29 is 4.42 Å². The molecule has 4 aliphatic rings. The van der Waals surface area contributed by atoms with Crippen LogP contribution in [0.4, 0.5) is 0 Å². The monoisotopic (exact) mass is 267 g/mol. The summed E-state index contributed by atoms with van der Waals surface area (Å²) < 4.78 is 5.83. The molecule has 1 heterocycles. The van der Waals surface area contributed by atoms with E-state index in [-0.39, 0.29) is 0 Å². The summed E-state index contributed by atoms with van der Waals surface area (Å²) in [6.45, 7) is 0. The van der Waals surface area contributed by atoms with Gasteiger partial charge in [-0.05, 0) is 61.3 Å². The molecule has 0 aliphatic heterocycles. The molecule has 2 heteroatoms. The van der Waals surface area contributed by atoms with E-state index in [4.69, 9.17) is 10.2 Å². The van der Waals surface area contributed by atoms with E-state index in [1.165, 1.54) is 43.1 Å². The number of hydrogen-bond donors (Lipinski definition) is 1. The van der Waals surface area contributed by atoms with E-state index in [1.54, 1.807) is 0 Å². The number of fused-ring (bicyclic) bond motifs is 1. The number of para-hydroxylation sites is 1. The average Bonchev–Trinajstić information content (AvgIpc) is 2.88. The fourth-order valence-electron chi connectivity index (χ4n) is 5.78. The van der Waals surface area contributed by atoms with Crippen LogP contribution in [0.3, 0.4) is 0 Å². The fourth-order valence-corrected chi connectivity index (χ4v) is 5.78. The molecule has 0 spiro atoms. The molecule has 6 rings (SSSR count). The predicted molar refractivity (Wildman–Crippen MR) is 79.4 cm³/mol. The molecule has 4 aliphatic carbocycles. The zero-order valence-electron chi connectivity index (χ0n) is 11.7. The van der Waals surface area contributed by atoms with Gasteiger partial charge in [-0.25, -0.2) is 0 Å². The Morgan fingerprint density at radius 1 is 1.05 bits per heavy atom. The molecule has 20 heavy (non-hydrogen) atoms. The van der Waals surface area contributed by atoms with Gasteiger partial charge in [0.25, 0.3) is 0 Å². The summed E-state index contributed by atoms with van der Waals surface area (Å²) in [5, 5.41) is 1.34. The summed E-state index contributed by atoms with van der Waals surface area (Å²) >= 11 is 0. The van der Waals surface area contributed by atoms with Crippen LogP contribution in [0.5, 0.6) is 0 Å². The van der Waals surface area contributed by atoms with Crippen LogP contribution in [-0.2, 0) is 5.41 Å². The number of rotatable bonds is 1. The second-order valence-electron chi connectivity index (χ2n) is 7.47. The van der Waals surface area contributed by atoms with Gasteiger partial charge in [0.15, 0.2) is 0 Å². The average molecular weight is 267 g/mol. The summed E-state index contributed by atoms with van der Waals surface area (Å²) in [5.74, 6) is 2.39. The number of furan rings is 1. The van der Waals surface area contributed by atoms with Crippen LogP contribution >= 0.6 is 0 Å². The highest BCUT2D eigenvalue weighted by molar-refractivity contribution is 5.82. The highest BCUT2D eigenvalue weighted by Gasteiger charge is 2.55. The Labute approximate surface area is 119 Å². The second kappa shape index (κ2) is 3.67. The van der Waals surface area contributed by atoms with Gasteiger partial charge in [-0.1, -0.05) is 18.2 Å². The van der Waals surface area contributed by atoms with Crippen molar-refractivity contribution in [1.29, 1.82) is 0 Å². The van der Waals surface area contributed by atoms with Crippen molar-refractivity contribution in [3.05, 3.63) is 36.1 Å². The lowest BCUT2D eigenvalue weighted by Crippen LogP contribution is -2.58. The van der Waals surface area contributed by atoms with E-state index in [2.05, 4.69) is 24.3 Å². The van der Waals surface area contributed by atoms with E-state index in [1.807, 2.05) is 6.26 Å². The quantitative estimate of drug-likeness (QED) is 0.852. The minimum absolute atomic E-state index is 0.360. The summed E-state index contributed by atoms with van der Waals surface area (Å²) in [6.07, 6.45) is 8.71. The number of nitrogens with two attached hydrogens (primary N) is 1. The molecule has 2 unspecified atom stereocenters. The fraction of sp³-hybridized carbons (Fsp3) is 0.556. The van der Waals surface area contributed by atoms with Crippen LogP contribution < -0.4 is 5.73 Å². The van der Waals surface area contributed by atoms with Gasteiger partial charge < -0.3 is 10.2 Å². The van der Waals surface area contributed by atoms with Crippen LogP contribution in [-0.4, -0.2) is 6.04 Å². The Morgan fingerprint density at radius 3 is 2.60 bits per heavy atom. The summed E-state index contributed by atoms with van der Waals surface area (Å²) in [5.41, 5.74) is 9.34. The van der Waals surface area contributed by atoms with Crippen molar-refractivity contribution >= 4 is 11.0 Å². The van der Waals surface area contributed by atoms with Crippen molar-refractivity contribution in [2.45, 2.75) is 43.6 Å². The minimum atomic E-state index is 0.360. The highest BCUT2D eigenvalue weighted by Crippen LogP contribution is 2.61. The Kier molecular flexibility index (Phi) is 2.09. The van der Waals surface area contributed by atoms with Crippen molar-refractivity contribution in [1.82, 2.24) is 0 Å². The Hall–Kier alpha value is -1.28. The van der Waals surface area contributed by atoms with Crippen LogP contribution in [0.25, 0.3) is 11.0 Å². The lowest BCUT2D eigenvalue weighted by Gasteiger charge is -2.59. The van der Waals surface area contributed by atoms with Crippen LogP contribution in [0, 0.1) is 17.8 Å². The standard InChI is InChI=1S/C18H21NO/c19-17-12-5-11-6-13(17)9-18(7-11,8-12)15-10-20-16-4-2-1-3-14(15)16/h1-4,10-13,17H,5-9,19H2. The van der Waals surface area contributed by atoms with E-state index in [0.29, 0.717) is 11.5 Å². The molecule has 2 N–H and O–H groups in total. The normalized spacial score (nSPS) is 42.5. The van der Waals surface area contributed by atoms with Gasteiger partial charge in [0, 0.05) is 17.0 Å². The summed E-state index contributed by atoms with van der Waals surface area (Å²) in [4.78, 5) is 0. The van der Waals surface area contributed by atoms with E-state index in [0.717, 1.165) is 23.3 Å². The largest absolute Gasteiger partial charge is 0.464 e. The molecule has 4 fully saturated rings. The lowest BCUT2D eigenvalue weighted by molar-refractivity contribution is -0.0223. The van der Waals surface area contributed by atoms with Gasteiger partial charge in [-0.15, -0.1) is 0 Å². The molecule has 2 aromatic rings. The van der Waals surface area contributed by atoms with Gasteiger partial charge in [-0.3, -0.25) is 0 Å². The van der Waals surface area contributed by atoms with Gasteiger partial charge in [0.1, 0.15) is 5.58 Å². The van der Waals surface area contributed by atoms with Crippen molar-refractivity contribution in [2.75, 3.05) is 0 Å². The molecular formula is C18H21NO. The number of benzene rings is 1. The maximum Gasteiger partial charge on any atom is 0.134 e. The Balaban J connectivity index is 1.67. The Morgan fingerprint density at radius 2 is 1.80 bits per heavy atom. The Bertz CT molecular complexity index is 657. The molecule has 1 aromatic carbocycles. The van der Waals surface area contributed by atoms with Crippen molar-refractivity contribution in [3.8, 4) is 0 Å². The molecule has 0 radical (unpaired) electrons. The van der Waals surface area contributed by atoms with Crippen molar-refractivity contribution in [3.63, 3.8) is 0 Å². The zero-order chi connectivity index (χ0) is 13.3. The number of hydrogen-bond acceptors (Lipinski definition) is 2. The first-order valence-electron chi connectivity index (χ1n) is 7.97. The van der Waals surface area contributed by atoms with Gasteiger partial charge in [0.2, 0.25) is 0 Å². The molecule has 2 atom stereocenters. The smallest absolute Gasteiger partial charge is 0.134 e. The van der Waals surface area contributed by atoms with Gasteiger partial charge >= 0.3 is 0 Å². The molecule has 4 bridgehead atoms. The summed E-state index contributed by atoms with van der Waals surface area (Å²) in [7, 11) is 0. The maximum atomic E-state index is 6.47. The third-order valence-corrected chi connectivity index (χ3v) is 6.40. The van der Waals surface area contributed by atoms with Gasteiger partial charge in [-0.2, -0.15) is 0 Å². The lowest BCUT2D eigenvalue weighted by atomic mass is 9.46. The third-order valence-electron chi connectivity index (χ3n) is 6.40. The van der Waals surface area contributed by atoms with Crippen molar-refractivity contribution in [2.24, 2.45) is 23.5 Å². The van der Waals surface area contributed by atoms with Crippen LogP contribution in [0.1, 0.15) is 37.7 Å². The second-order valence-corrected chi connectivity index (χ2v) is 7.47. The predicted octanol–water partition coefficient (Wildman–Crippen LogP) is 3.84. The van der Waals surface area contributed by atoms with E-state index in [9.17, 15) is 0 Å². The first-order valence-corrected chi connectivity index (χ1v) is 7.97. The summed E-state index contributed by atoms with van der Waals surface area (Å²) in [6, 6.07) is 8.97. The zero-order valence-corrected chi connectivity index (χ0v) is 11.7. The SMILES string of the molecule is NC1C2CC3CC1CC(c1coc4ccccc14)(C3)C2. The molecule has 2 nitrogen and oxygen atoms in total. The first kappa shape index (κ1) is 11.4. The van der Waals surface area contributed by atoms with Crippen LogP contribution in [0.15, 0.2) is 34.9 Å². The first-order chi connectivity index (χ1) is 9.75. The van der Waals surface area contributed by atoms with Gasteiger partial charge in [0.05, 0.1) is 6.26 Å².